The van der Waals surface area contributed by atoms with Crippen LogP contribution in [0.15, 0.2) is 72.0 Å². The highest BCUT2D eigenvalue weighted by Gasteiger charge is 2.28. The molecule has 3 heterocycles. The summed E-state index contributed by atoms with van der Waals surface area (Å²) in [6.45, 7) is 3.33. The van der Waals surface area contributed by atoms with E-state index in [1.54, 1.807) is 12.1 Å². The molecule has 1 saturated heterocycles. The van der Waals surface area contributed by atoms with Crippen molar-refractivity contribution in [2.45, 2.75) is 36.6 Å². The number of carbonyl (C=O) groups is 1. The molecule has 1 amide bonds. The van der Waals surface area contributed by atoms with Crippen molar-refractivity contribution in [3.8, 4) is 0 Å². The van der Waals surface area contributed by atoms with Crippen LogP contribution < -0.4 is 4.72 Å². The molecule has 0 aliphatic carbocycles. The summed E-state index contributed by atoms with van der Waals surface area (Å²) >= 11 is 0.989. The van der Waals surface area contributed by atoms with Crippen LogP contribution in [-0.2, 0) is 14.8 Å². The maximum Gasteiger partial charge on any atom is 0.263 e. The van der Waals surface area contributed by atoms with E-state index >= 15 is 0 Å². The second-order valence-corrected chi connectivity index (χ2v) is 10.9. The van der Waals surface area contributed by atoms with Gasteiger partial charge in [-0.1, -0.05) is 30.3 Å². The highest BCUT2D eigenvalue weighted by atomic mass is 32.2. The predicted octanol–water partition coefficient (Wildman–Crippen LogP) is 4.26. The van der Waals surface area contributed by atoms with Crippen molar-refractivity contribution >= 4 is 43.5 Å². The Balaban J connectivity index is 1.21. The number of aromatic nitrogens is 3. The Morgan fingerprint density at radius 2 is 1.82 bits per heavy atom. The van der Waals surface area contributed by atoms with Crippen molar-refractivity contribution in [3.63, 3.8) is 0 Å². The van der Waals surface area contributed by atoms with Gasteiger partial charge in [-0.05, 0) is 60.9 Å². The Bertz CT molecular complexity index is 1390. The Kier molecular flexibility index (Phi) is 6.09. The first-order valence-electron chi connectivity index (χ1n) is 11.2. The van der Waals surface area contributed by atoms with Gasteiger partial charge in [-0.3, -0.25) is 9.52 Å². The lowest BCUT2D eigenvalue weighted by Gasteiger charge is -2.34. The van der Waals surface area contributed by atoms with Crippen molar-refractivity contribution < 1.29 is 13.2 Å². The first-order valence-corrected chi connectivity index (χ1v) is 13.4. The SMILES string of the molecule is C[C@@H](C(=O)N1CCC(c2ccc(S(=O)(=O)Nc3ncns3)cc2)CC1)n1ccc2ccccc21. The Morgan fingerprint density at radius 3 is 2.53 bits per heavy atom. The quantitative estimate of drug-likeness (QED) is 0.431. The van der Waals surface area contributed by atoms with E-state index in [0.29, 0.717) is 19.0 Å². The van der Waals surface area contributed by atoms with Gasteiger partial charge in [-0.15, -0.1) is 0 Å². The van der Waals surface area contributed by atoms with E-state index < -0.39 is 10.0 Å². The summed E-state index contributed by atoms with van der Waals surface area (Å²) in [6.07, 6.45) is 4.99. The van der Waals surface area contributed by atoms with Crippen LogP contribution in [0.3, 0.4) is 0 Å². The Hall–Kier alpha value is -3.24. The number of sulfonamides is 1. The topological polar surface area (TPSA) is 97.2 Å². The average Bonchev–Trinajstić information content (AvgIpc) is 3.53. The number of nitrogens with zero attached hydrogens (tertiary/aromatic N) is 4. The summed E-state index contributed by atoms with van der Waals surface area (Å²) in [5, 5.41) is 1.37. The summed E-state index contributed by atoms with van der Waals surface area (Å²) in [7, 11) is -3.69. The molecule has 1 aliphatic rings. The van der Waals surface area contributed by atoms with Crippen molar-refractivity contribution in [2.75, 3.05) is 17.8 Å². The normalized spacial score (nSPS) is 16.0. The van der Waals surface area contributed by atoms with E-state index in [4.69, 9.17) is 0 Å². The van der Waals surface area contributed by atoms with Crippen molar-refractivity contribution in [3.05, 3.63) is 72.7 Å². The fraction of sp³-hybridized carbons (Fsp3) is 0.292. The van der Waals surface area contributed by atoms with Gasteiger partial charge in [0, 0.05) is 36.3 Å². The van der Waals surface area contributed by atoms with Gasteiger partial charge >= 0.3 is 0 Å². The van der Waals surface area contributed by atoms with E-state index in [1.807, 2.05) is 59.0 Å². The number of fused-ring (bicyclic) bond motifs is 1. The molecule has 4 aromatic rings. The lowest BCUT2D eigenvalue weighted by atomic mass is 9.89. The number of benzene rings is 2. The molecule has 0 saturated carbocycles. The lowest BCUT2D eigenvalue weighted by molar-refractivity contribution is -0.135. The second kappa shape index (κ2) is 9.19. The summed E-state index contributed by atoms with van der Waals surface area (Å²) in [5.74, 6) is 0.420. The number of anilines is 1. The molecule has 5 rings (SSSR count). The highest BCUT2D eigenvalue weighted by molar-refractivity contribution is 7.93. The molecule has 2 aromatic heterocycles. The molecule has 0 bridgehead atoms. The van der Waals surface area contributed by atoms with Gasteiger partial charge in [0.05, 0.1) is 4.90 Å². The van der Waals surface area contributed by atoms with Crippen LogP contribution in [0.5, 0.6) is 0 Å². The van der Waals surface area contributed by atoms with Gasteiger partial charge in [0.2, 0.25) is 11.0 Å². The van der Waals surface area contributed by atoms with Crippen LogP contribution in [0.25, 0.3) is 10.9 Å². The maximum atomic E-state index is 13.2. The summed E-state index contributed by atoms with van der Waals surface area (Å²) in [5.41, 5.74) is 2.15. The number of nitrogens with one attached hydrogen (secondary N) is 1. The van der Waals surface area contributed by atoms with Gasteiger partial charge in [0.25, 0.3) is 10.0 Å². The van der Waals surface area contributed by atoms with Crippen molar-refractivity contribution in [1.29, 1.82) is 0 Å². The van der Waals surface area contributed by atoms with E-state index in [0.717, 1.165) is 40.8 Å². The standard InChI is InChI=1S/C24H25N5O3S2/c1-17(29-15-12-20-4-2-3-5-22(20)29)23(30)28-13-10-19(11-14-28)18-6-8-21(9-7-18)34(31,32)27-24-25-16-26-33-24/h2-9,12,15-17,19H,10-11,13-14H2,1H3,(H,25,26,27)/t17-/m0/s1. The van der Waals surface area contributed by atoms with Gasteiger partial charge in [-0.2, -0.15) is 4.37 Å². The van der Waals surface area contributed by atoms with Crippen LogP contribution in [0.1, 0.15) is 37.3 Å². The highest BCUT2D eigenvalue weighted by Crippen LogP contribution is 2.30. The fourth-order valence-corrected chi connectivity index (χ4v) is 6.23. The largest absolute Gasteiger partial charge is 0.341 e. The smallest absolute Gasteiger partial charge is 0.263 e. The molecule has 10 heteroatoms. The molecule has 176 valence electrons. The minimum atomic E-state index is -3.69. The number of carbonyl (C=O) groups excluding carboxylic acids is 1. The van der Waals surface area contributed by atoms with Gasteiger partial charge < -0.3 is 9.47 Å². The molecule has 8 nitrogen and oxygen atoms in total. The zero-order valence-corrected chi connectivity index (χ0v) is 20.3. The van der Waals surface area contributed by atoms with E-state index in [2.05, 4.69) is 20.1 Å². The first kappa shape index (κ1) is 22.5. The minimum Gasteiger partial charge on any atom is -0.341 e. The number of para-hydroxylation sites is 1. The van der Waals surface area contributed by atoms with E-state index in [1.165, 1.54) is 6.33 Å². The maximum absolute atomic E-state index is 13.2. The van der Waals surface area contributed by atoms with Crippen molar-refractivity contribution in [1.82, 2.24) is 18.8 Å². The van der Waals surface area contributed by atoms with Gasteiger partial charge in [0.15, 0.2) is 0 Å². The molecule has 34 heavy (non-hydrogen) atoms. The molecule has 1 aliphatic heterocycles. The predicted molar refractivity (Wildman–Crippen MR) is 132 cm³/mol. The first-order chi connectivity index (χ1) is 16.4. The number of hydrogen-bond donors (Lipinski definition) is 1. The molecule has 0 unspecified atom stereocenters. The lowest BCUT2D eigenvalue weighted by Crippen LogP contribution is -2.41. The zero-order chi connectivity index (χ0) is 23.7. The van der Waals surface area contributed by atoms with Crippen molar-refractivity contribution in [2.24, 2.45) is 0 Å². The van der Waals surface area contributed by atoms with Crippen LogP contribution in [-0.4, -0.2) is 46.2 Å². The summed E-state index contributed by atoms with van der Waals surface area (Å²) < 4.78 is 33.3. The third kappa shape index (κ3) is 4.43. The third-order valence-corrected chi connectivity index (χ3v) is 8.52. The minimum absolute atomic E-state index is 0.129. The van der Waals surface area contributed by atoms with E-state index in [9.17, 15) is 13.2 Å². The van der Waals surface area contributed by atoms with Crippen LogP contribution in [0.2, 0.25) is 0 Å². The number of piperidine rings is 1. The Labute approximate surface area is 202 Å². The molecule has 2 aromatic carbocycles. The molecule has 0 spiro atoms. The van der Waals surface area contributed by atoms with E-state index in [-0.39, 0.29) is 22.0 Å². The van der Waals surface area contributed by atoms with Crippen LogP contribution >= 0.6 is 11.5 Å². The molecule has 0 radical (unpaired) electrons. The van der Waals surface area contributed by atoms with Crippen LogP contribution in [0, 0.1) is 0 Å². The fourth-order valence-electron chi connectivity index (χ4n) is 4.57. The Morgan fingerprint density at radius 1 is 1.09 bits per heavy atom. The zero-order valence-electron chi connectivity index (χ0n) is 18.7. The summed E-state index contributed by atoms with van der Waals surface area (Å²) in [6, 6.07) is 16.8. The monoisotopic (exact) mass is 495 g/mol. The molecule has 1 fully saturated rings. The number of amides is 1. The molecule has 1 atom stereocenters. The third-order valence-electron chi connectivity index (χ3n) is 6.46. The number of hydrogen-bond acceptors (Lipinski definition) is 6. The van der Waals surface area contributed by atoms with Crippen LogP contribution in [0.4, 0.5) is 5.13 Å². The average molecular weight is 496 g/mol. The molecule has 1 N–H and O–H groups in total. The van der Waals surface area contributed by atoms with Gasteiger partial charge in [0.1, 0.15) is 12.4 Å². The second-order valence-electron chi connectivity index (χ2n) is 8.48. The molecular formula is C24H25N5O3S2. The van der Waals surface area contributed by atoms with Gasteiger partial charge in [-0.25, -0.2) is 13.4 Å². The number of likely N-dealkylation sites (tertiary alicyclic amines) is 1. The molecular weight excluding hydrogens is 470 g/mol. The summed E-state index contributed by atoms with van der Waals surface area (Å²) in [4.78, 5) is 19.2. The number of rotatable bonds is 6.